The van der Waals surface area contributed by atoms with Crippen molar-refractivity contribution in [2.75, 3.05) is 18.1 Å². The molecule has 6 nitrogen and oxygen atoms in total. The molecule has 0 saturated heterocycles. The van der Waals surface area contributed by atoms with Crippen LogP contribution in [0.1, 0.15) is 174 Å². The zero-order valence-electron chi connectivity index (χ0n) is 42.8. The number of unbranched alkanes of at least 4 members (excludes halogenated alkanes) is 4. The molecule has 2 aliphatic heterocycles. The summed E-state index contributed by atoms with van der Waals surface area (Å²) in [4.78, 5) is 32.7. The number of hydrogen-bond acceptors (Lipinski definition) is 8. The smallest absolute Gasteiger partial charge is 0.272 e. The van der Waals surface area contributed by atoms with Gasteiger partial charge in [-0.25, -0.2) is 3.93 Å². The number of thiophene rings is 4. The fourth-order valence-corrected chi connectivity index (χ4v) is 16.6. The van der Waals surface area contributed by atoms with Gasteiger partial charge in [-0.1, -0.05) is 145 Å². The highest BCUT2D eigenvalue weighted by molar-refractivity contribution is 9.12. The van der Waals surface area contributed by atoms with Crippen LogP contribution >= 0.6 is 77.4 Å². The molecule has 4 aromatic heterocycles. The number of carbonyl (C=O) groups excluding carboxylic acids is 2. The first-order chi connectivity index (χ1) is 34.1. The van der Waals surface area contributed by atoms with Crippen molar-refractivity contribution < 1.29 is 19.1 Å². The van der Waals surface area contributed by atoms with E-state index in [-0.39, 0.29) is 11.8 Å². The lowest BCUT2D eigenvalue weighted by atomic mass is 9.90. The molecule has 12 heteroatoms. The van der Waals surface area contributed by atoms with Gasteiger partial charge in [0.25, 0.3) is 11.8 Å². The third kappa shape index (κ3) is 10.6. The number of nitrogens with zero attached hydrogens (tertiary/aromatic N) is 2. The molecule has 378 valence electrons. The van der Waals surface area contributed by atoms with Crippen LogP contribution in [0.3, 0.4) is 0 Å². The fourth-order valence-electron chi connectivity index (χ4n) is 10.7. The molecule has 2 aromatic carbocycles. The van der Waals surface area contributed by atoms with Gasteiger partial charge in [-0.05, 0) is 111 Å². The summed E-state index contributed by atoms with van der Waals surface area (Å²) in [5.41, 5.74) is 4.13. The molecule has 2 amide bonds. The molecule has 0 N–H and O–H groups in total. The molecule has 0 spiro atoms. The summed E-state index contributed by atoms with van der Waals surface area (Å²) < 4.78 is 20.8. The second kappa shape index (κ2) is 24.5. The third-order valence-corrected chi connectivity index (χ3v) is 21.0. The summed E-state index contributed by atoms with van der Waals surface area (Å²) in [6.45, 7) is 19.6. The fraction of sp³-hybridized carbons (Fsp3) is 0.552. The van der Waals surface area contributed by atoms with Crippen molar-refractivity contribution in [3.8, 4) is 11.5 Å². The first-order valence-corrected chi connectivity index (χ1v) is 31.6. The van der Waals surface area contributed by atoms with Crippen LogP contribution in [0.5, 0.6) is 11.5 Å². The molecule has 0 bridgehead atoms. The minimum atomic E-state index is -0.249. The predicted octanol–water partition coefficient (Wildman–Crippen LogP) is 19.8. The first kappa shape index (κ1) is 53.5. The number of rotatable bonds is 28. The quantitative estimate of drug-likeness (QED) is 0.0363. The second-order valence-corrected chi connectivity index (χ2v) is 25.3. The first-order valence-electron chi connectivity index (χ1n) is 26.7. The monoisotopic (exact) mass is 1150 g/mol. The summed E-state index contributed by atoms with van der Waals surface area (Å²) in [6, 6.07) is 8.95. The van der Waals surface area contributed by atoms with Crippen LogP contribution in [-0.4, -0.2) is 29.0 Å². The number of anilines is 1. The van der Waals surface area contributed by atoms with E-state index in [0.717, 1.165) is 82.8 Å². The Labute approximate surface area is 450 Å². The maximum atomic E-state index is 15.4. The number of ether oxygens (including phenoxy) is 2. The van der Waals surface area contributed by atoms with E-state index < -0.39 is 0 Å². The van der Waals surface area contributed by atoms with Crippen molar-refractivity contribution >= 4 is 140 Å². The van der Waals surface area contributed by atoms with Crippen LogP contribution in [0.4, 0.5) is 5.00 Å². The van der Waals surface area contributed by atoms with E-state index in [1.54, 1.807) is 38.9 Å². The van der Waals surface area contributed by atoms with Gasteiger partial charge in [-0.3, -0.25) is 14.5 Å². The van der Waals surface area contributed by atoms with Gasteiger partial charge in [-0.15, -0.1) is 45.3 Å². The summed E-state index contributed by atoms with van der Waals surface area (Å²) in [5, 5.41) is 9.90. The molecular formula is C58H74Br2N2O4S4. The number of halogens is 2. The SMILES string of the molecule is CCCCC(CC)COc1c2cc(N3C(=O)C4=C(c5cc6c(CC(CC)CCCC)c7sccc7c(OCC(CC)CCCC)c6s5)N(Br)C(=O)C4=C3Br)sc2c(CC(CC)CCCC)c2ccsc12. The van der Waals surface area contributed by atoms with E-state index >= 15 is 4.79 Å². The Bertz CT molecular complexity index is 2870. The van der Waals surface area contributed by atoms with Crippen LogP contribution in [0, 0.1) is 23.7 Å². The topological polar surface area (TPSA) is 59.1 Å². The van der Waals surface area contributed by atoms with Crippen molar-refractivity contribution in [1.29, 1.82) is 0 Å². The van der Waals surface area contributed by atoms with Crippen molar-refractivity contribution in [1.82, 2.24) is 3.93 Å². The van der Waals surface area contributed by atoms with Crippen LogP contribution in [0.15, 0.2) is 50.8 Å². The van der Waals surface area contributed by atoms with Gasteiger partial charge in [0.2, 0.25) is 0 Å². The Kier molecular flexibility index (Phi) is 18.8. The predicted molar refractivity (Wildman–Crippen MR) is 312 cm³/mol. The molecule has 0 aliphatic carbocycles. The third-order valence-electron chi connectivity index (χ3n) is 15.3. The standard InChI is InChI=1S/C58H74Br2N2O4S4/c1-9-17-21-35(13-5)29-41-39-25-27-68-54(39)51(66-34-38(16-8)24-20-12-4)44-32-46(70-53(41)44)61-56(59)48-47(57(61)63)49(62(60)58(48)64)45-31-43-42(30-36(14-6)22-18-10-2)52-40(26-28-67-52)50(55(43)69-45)65-33-37(15-7)23-19-11-3/h25-28,31-32,35-38H,9-24,29-30,33-34H2,1-8H3. The number of carbonyl (C=O) groups is 2. The molecule has 0 fully saturated rings. The molecular weight excluding hydrogens is 1080 g/mol. The zero-order valence-corrected chi connectivity index (χ0v) is 49.3. The van der Waals surface area contributed by atoms with E-state index in [4.69, 9.17) is 9.47 Å². The Hall–Kier alpha value is -2.74. The van der Waals surface area contributed by atoms with Gasteiger partial charge in [0.15, 0.2) is 0 Å². The second-order valence-electron chi connectivity index (χ2n) is 19.9. The molecule has 0 radical (unpaired) electrons. The molecule has 8 rings (SSSR count). The molecule has 6 heterocycles. The summed E-state index contributed by atoms with van der Waals surface area (Å²) in [7, 11) is 0. The highest BCUT2D eigenvalue weighted by atomic mass is 79.9. The van der Waals surface area contributed by atoms with E-state index in [1.807, 2.05) is 11.3 Å². The van der Waals surface area contributed by atoms with Gasteiger partial charge in [0.1, 0.15) is 21.1 Å². The summed E-state index contributed by atoms with van der Waals surface area (Å²) in [6.07, 6.45) is 20.5. The Morgan fingerprint density at radius 1 is 0.557 bits per heavy atom. The van der Waals surface area contributed by atoms with Gasteiger partial charge in [0, 0.05) is 30.9 Å². The van der Waals surface area contributed by atoms with Crippen molar-refractivity contribution in [2.45, 2.75) is 171 Å². The number of fused-ring (bicyclic) bond motifs is 5. The highest BCUT2D eigenvalue weighted by Crippen LogP contribution is 2.55. The van der Waals surface area contributed by atoms with Crippen molar-refractivity contribution in [3.05, 3.63) is 66.8 Å². The van der Waals surface area contributed by atoms with Gasteiger partial charge in [0.05, 0.1) is 60.5 Å². The number of amides is 2. The molecule has 4 unspecified atom stereocenters. The Balaban J connectivity index is 1.26. The zero-order chi connectivity index (χ0) is 49.6. The van der Waals surface area contributed by atoms with Gasteiger partial charge < -0.3 is 9.47 Å². The van der Waals surface area contributed by atoms with Gasteiger partial charge in [-0.2, -0.15) is 0 Å². The van der Waals surface area contributed by atoms with E-state index in [2.05, 4.69) is 122 Å². The number of hydrogen-bond donors (Lipinski definition) is 0. The average Bonchev–Trinajstić information content (AvgIpc) is 4.25. The molecule has 70 heavy (non-hydrogen) atoms. The largest absolute Gasteiger partial charge is 0.491 e. The normalized spacial score (nSPS) is 16.1. The Morgan fingerprint density at radius 2 is 1.07 bits per heavy atom. The van der Waals surface area contributed by atoms with Crippen molar-refractivity contribution in [3.63, 3.8) is 0 Å². The maximum Gasteiger partial charge on any atom is 0.272 e. The molecule has 2 aliphatic rings. The van der Waals surface area contributed by atoms with Crippen LogP contribution in [-0.2, 0) is 22.4 Å². The van der Waals surface area contributed by atoms with Crippen LogP contribution < -0.4 is 14.4 Å². The highest BCUT2D eigenvalue weighted by Gasteiger charge is 2.49. The number of benzene rings is 2. The Morgan fingerprint density at radius 3 is 1.63 bits per heavy atom. The van der Waals surface area contributed by atoms with E-state index in [9.17, 15) is 4.79 Å². The lowest BCUT2D eigenvalue weighted by Crippen LogP contribution is -2.24. The maximum absolute atomic E-state index is 15.4. The summed E-state index contributed by atoms with van der Waals surface area (Å²) >= 11 is 14.5. The van der Waals surface area contributed by atoms with Crippen molar-refractivity contribution in [2.24, 2.45) is 23.7 Å². The minimum absolute atomic E-state index is 0.202. The minimum Gasteiger partial charge on any atom is -0.491 e. The van der Waals surface area contributed by atoms with Crippen LogP contribution in [0.25, 0.3) is 46.0 Å². The van der Waals surface area contributed by atoms with E-state index in [1.165, 1.54) is 110 Å². The van der Waals surface area contributed by atoms with Crippen LogP contribution in [0.2, 0.25) is 0 Å². The lowest BCUT2D eigenvalue weighted by Gasteiger charge is -2.19. The molecule has 4 atom stereocenters. The average molecular weight is 1150 g/mol. The molecule has 0 saturated carbocycles. The lowest BCUT2D eigenvalue weighted by molar-refractivity contribution is -0.119. The van der Waals surface area contributed by atoms with Gasteiger partial charge >= 0.3 is 0 Å². The summed E-state index contributed by atoms with van der Waals surface area (Å²) in [5.74, 6) is 3.47. The van der Waals surface area contributed by atoms with E-state index in [0.29, 0.717) is 58.3 Å². The molecule has 6 aromatic rings.